The van der Waals surface area contributed by atoms with Crippen molar-refractivity contribution in [1.82, 2.24) is 0 Å². The van der Waals surface area contributed by atoms with Crippen LogP contribution in [0.4, 0.5) is 5.69 Å². The lowest BCUT2D eigenvalue weighted by Gasteiger charge is -2.20. The maximum Gasteiger partial charge on any atom is 0.0366 e. The van der Waals surface area contributed by atoms with Crippen LogP contribution in [0.2, 0.25) is 0 Å². The number of nitrogens with two attached hydrogens (primary N) is 1. The number of fused-ring (bicyclic) bond motifs is 1. The molecule has 0 radical (unpaired) electrons. The van der Waals surface area contributed by atoms with Crippen molar-refractivity contribution in [2.75, 3.05) is 18.0 Å². The number of rotatable bonds is 3. The molecule has 98 valence electrons. The van der Waals surface area contributed by atoms with Crippen LogP contribution < -0.4 is 10.6 Å². The Kier molecular flexibility index (Phi) is 3.29. The van der Waals surface area contributed by atoms with Crippen molar-refractivity contribution in [2.45, 2.75) is 38.6 Å². The van der Waals surface area contributed by atoms with Gasteiger partial charge in [0.1, 0.15) is 0 Å². The molecule has 2 nitrogen and oxygen atoms in total. The van der Waals surface area contributed by atoms with Gasteiger partial charge in [0, 0.05) is 24.8 Å². The minimum absolute atomic E-state index is 0.192. The Hall–Kier alpha value is -1.02. The zero-order valence-corrected chi connectivity index (χ0v) is 11.3. The van der Waals surface area contributed by atoms with Gasteiger partial charge in [-0.1, -0.05) is 25.5 Å². The van der Waals surface area contributed by atoms with E-state index in [1.54, 1.807) is 0 Å². The first-order valence-electron chi connectivity index (χ1n) is 7.38. The van der Waals surface area contributed by atoms with E-state index in [1.165, 1.54) is 43.6 Å². The average molecular weight is 244 g/mol. The Morgan fingerprint density at radius 3 is 2.33 bits per heavy atom. The fourth-order valence-corrected chi connectivity index (χ4v) is 3.61. The van der Waals surface area contributed by atoms with Gasteiger partial charge in [0.2, 0.25) is 0 Å². The van der Waals surface area contributed by atoms with Gasteiger partial charge in [-0.05, 0) is 48.8 Å². The van der Waals surface area contributed by atoms with Crippen molar-refractivity contribution < 1.29 is 0 Å². The van der Waals surface area contributed by atoms with Crippen molar-refractivity contribution in [1.29, 1.82) is 0 Å². The first-order valence-corrected chi connectivity index (χ1v) is 7.38. The van der Waals surface area contributed by atoms with E-state index in [2.05, 4.69) is 36.1 Å². The van der Waals surface area contributed by atoms with Crippen LogP contribution in [0, 0.1) is 11.8 Å². The predicted molar refractivity (Wildman–Crippen MR) is 76.7 cm³/mol. The highest BCUT2D eigenvalue weighted by molar-refractivity contribution is 5.49. The highest BCUT2D eigenvalue weighted by atomic mass is 15.2. The van der Waals surface area contributed by atoms with Crippen LogP contribution in [0.1, 0.15) is 44.2 Å². The maximum atomic E-state index is 6.06. The van der Waals surface area contributed by atoms with Crippen molar-refractivity contribution >= 4 is 5.69 Å². The van der Waals surface area contributed by atoms with Gasteiger partial charge in [-0.2, -0.15) is 0 Å². The van der Waals surface area contributed by atoms with Crippen molar-refractivity contribution in [3.63, 3.8) is 0 Å². The third-order valence-electron chi connectivity index (χ3n) is 4.85. The summed E-state index contributed by atoms with van der Waals surface area (Å²) in [7, 11) is 0. The quantitative estimate of drug-likeness (QED) is 0.883. The molecule has 2 N–H and O–H groups in total. The SMILES string of the molecule is CC[C@@H](N)c1ccc(N2CC3CCCC3C2)cc1. The fourth-order valence-electron chi connectivity index (χ4n) is 3.61. The van der Waals surface area contributed by atoms with Crippen LogP contribution >= 0.6 is 0 Å². The molecule has 3 rings (SSSR count). The van der Waals surface area contributed by atoms with Crippen LogP contribution in [-0.4, -0.2) is 13.1 Å². The van der Waals surface area contributed by atoms with Crippen molar-refractivity contribution in [3.8, 4) is 0 Å². The Morgan fingerprint density at radius 2 is 1.78 bits per heavy atom. The minimum atomic E-state index is 0.192. The van der Waals surface area contributed by atoms with Crippen LogP contribution in [0.15, 0.2) is 24.3 Å². The number of nitrogens with zero attached hydrogens (tertiary/aromatic N) is 1. The third-order valence-corrected chi connectivity index (χ3v) is 4.85. The molecule has 1 aliphatic carbocycles. The molecule has 0 aromatic heterocycles. The van der Waals surface area contributed by atoms with Crippen molar-refractivity contribution in [3.05, 3.63) is 29.8 Å². The zero-order chi connectivity index (χ0) is 12.5. The van der Waals surface area contributed by atoms with Gasteiger partial charge < -0.3 is 10.6 Å². The first-order chi connectivity index (χ1) is 8.78. The number of hydrogen-bond donors (Lipinski definition) is 1. The van der Waals surface area contributed by atoms with Crippen LogP contribution in [0.25, 0.3) is 0 Å². The van der Waals surface area contributed by atoms with Gasteiger partial charge in [0.05, 0.1) is 0 Å². The lowest BCUT2D eigenvalue weighted by Crippen LogP contribution is -2.20. The fraction of sp³-hybridized carbons (Fsp3) is 0.625. The van der Waals surface area contributed by atoms with Gasteiger partial charge in [-0.15, -0.1) is 0 Å². The largest absolute Gasteiger partial charge is 0.371 e. The second-order valence-electron chi connectivity index (χ2n) is 5.96. The van der Waals surface area contributed by atoms with Gasteiger partial charge in [0.15, 0.2) is 0 Å². The van der Waals surface area contributed by atoms with Crippen LogP contribution in [0.5, 0.6) is 0 Å². The molecule has 1 aromatic rings. The summed E-state index contributed by atoms with van der Waals surface area (Å²) in [5.41, 5.74) is 8.71. The molecule has 2 unspecified atom stereocenters. The number of benzene rings is 1. The molecule has 2 heteroatoms. The summed E-state index contributed by atoms with van der Waals surface area (Å²) in [5, 5.41) is 0. The second kappa shape index (κ2) is 4.93. The number of anilines is 1. The minimum Gasteiger partial charge on any atom is -0.371 e. The summed E-state index contributed by atoms with van der Waals surface area (Å²) < 4.78 is 0. The topological polar surface area (TPSA) is 29.3 Å². The lowest BCUT2D eigenvalue weighted by molar-refractivity contribution is 0.494. The molecule has 1 aliphatic heterocycles. The molecule has 1 saturated carbocycles. The van der Waals surface area contributed by atoms with Gasteiger partial charge in [0.25, 0.3) is 0 Å². The van der Waals surface area contributed by atoms with E-state index in [9.17, 15) is 0 Å². The summed E-state index contributed by atoms with van der Waals surface area (Å²) in [5.74, 6) is 1.92. The summed E-state index contributed by atoms with van der Waals surface area (Å²) in [6.07, 6.45) is 5.35. The summed E-state index contributed by atoms with van der Waals surface area (Å²) in [6, 6.07) is 9.12. The van der Waals surface area contributed by atoms with Crippen LogP contribution in [-0.2, 0) is 0 Å². The van der Waals surface area contributed by atoms with E-state index in [-0.39, 0.29) is 6.04 Å². The highest BCUT2D eigenvalue weighted by Gasteiger charge is 2.35. The molecule has 0 bridgehead atoms. The molecule has 18 heavy (non-hydrogen) atoms. The zero-order valence-electron chi connectivity index (χ0n) is 11.3. The molecule has 1 saturated heterocycles. The first kappa shape index (κ1) is 12.0. The predicted octanol–water partition coefficient (Wildman–Crippen LogP) is 3.33. The van der Waals surface area contributed by atoms with E-state index in [0.717, 1.165) is 18.3 Å². The van der Waals surface area contributed by atoms with Gasteiger partial charge in [-0.25, -0.2) is 0 Å². The Morgan fingerprint density at radius 1 is 1.17 bits per heavy atom. The lowest BCUT2D eigenvalue weighted by atomic mass is 10.0. The molecule has 2 aliphatic rings. The summed E-state index contributed by atoms with van der Waals surface area (Å²) in [6.45, 7) is 4.67. The average Bonchev–Trinajstić information content (AvgIpc) is 2.99. The molecule has 1 heterocycles. The molecule has 1 aromatic carbocycles. The standard InChI is InChI=1S/C16H24N2/c1-2-16(17)12-6-8-15(9-7-12)18-10-13-4-3-5-14(13)11-18/h6-9,13-14,16H,2-5,10-11,17H2,1H3/t13?,14?,16-/m1/s1. The molecule has 0 spiro atoms. The van der Waals surface area contributed by atoms with E-state index in [4.69, 9.17) is 5.73 Å². The summed E-state index contributed by atoms with van der Waals surface area (Å²) >= 11 is 0. The van der Waals surface area contributed by atoms with E-state index < -0.39 is 0 Å². The Bertz CT molecular complexity index is 386. The van der Waals surface area contributed by atoms with E-state index in [1.807, 2.05) is 0 Å². The van der Waals surface area contributed by atoms with E-state index >= 15 is 0 Å². The van der Waals surface area contributed by atoms with E-state index in [0.29, 0.717) is 0 Å². The second-order valence-corrected chi connectivity index (χ2v) is 5.96. The smallest absolute Gasteiger partial charge is 0.0366 e. The van der Waals surface area contributed by atoms with Gasteiger partial charge >= 0.3 is 0 Å². The summed E-state index contributed by atoms with van der Waals surface area (Å²) in [4.78, 5) is 2.57. The molecular formula is C16H24N2. The molecule has 3 atom stereocenters. The third kappa shape index (κ3) is 2.14. The maximum absolute atomic E-state index is 6.06. The molecular weight excluding hydrogens is 220 g/mol. The van der Waals surface area contributed by atoms with Crippen molar-refractivity contribution in [2.24, 2.45) is 17.6 Å². The Balaban J connectivity index is 1.70. The Labute approximate surface area is 110 Å². The monoisotopic (exact) mass is 244 g/mol. The molecule has 2 fully saturated rings. The molecule has 0 amide bonds. The highest BCUT2D eigenvalue weighted by Crippen LogP contribution is 2.39. The normalized spacial score (nSPS) is 28.4. The van der Waals surface area contributed by atoms with Crippen LogP contribution in [0.3, 0.4) is 0 Å². The van der Waals surface area contributed by atoms with Gasteiger partial charge in [-0.3, -0.25) is 0 Å². The number of hydrogen-bond acceptors (Lipinski definition) is 2.